The van der Waals surface area contributed by atoms with E-state index in [1.165, 1.54) is 100 Å². The topological polar surface area (TPSA) is 52.3 Å². The minimum atomic E-state index is -0.329. The largest absolute Gasteiger partial charge is 0.465 e. The molecular weight excluding hydrogens is 318 g/mol. The second-order valence-electron chi connectivity index (χ2n) is 6.62. The summed E-state index contributed by atoms with van der Waals surface area (Å²) in [4.78, 5) is 12.7. The lowest BCUT2D eigenvalue weighted by atomic mass is 10.0. The van der Waals surface area contributed by atoms with E-state index in [2.05, 4.69) is 6.92 Å². The smallest absolute Gasteiger partial charge is 0.340 e. The predicted molar refractivity (Wildman–Crippen MR) is 105 cm³/mol. The van der Waals surface area contributed by atoms with E-state index in [4.69, 9.17) is 10.5 Å². The van der Waals surface area contributed by atoms with Gasteiger partial charge in [-0.1, -0.05) is 77.6 Å². The molecule has 0 atom stereocenters. The van der Waals surface area contributed by atoms with Crippen LogP contribution >= 0.6 is 11.3 Å². The Kier molecular flexibility index (Phi) is 11.6. The Morgan fingerprint density at radius 3 is 1.96 bits per heavy atom. The van der Waals surface area contributed by atoms with Gasteiger partial charge in [-0.2, -0.15) is 0 Å². The predicted octanol–water partition coefficient (Wildman–Crippen LogP) is 6.36. The van der Waals surface area contributed by atoms with Gasteiger partial charge < -0.3 is 10.5 Å². The van der Waals surface area contributed by atoms with E-state index in [0.717, 1.165) is 6.42 Å². The molecule has 0 spiro atoms. The molecule has 0 saturated heterocycles. The summed E-state index contributed by atoms with van der Waals surface area (Å²) < 4.78 is 4.74. The van der Waals surface area contributed by atoms with Gasteiger partial charge in [-0.15, -0.1) is 11.3 Å². The lowest BCUT2D eigenvalue weighted by Gasteiger charge is -2.02. The third-order valence-corrected chi connectivity index (χ3v) is 5.52. The summed E-state index contributed by atoms with van der Waals surface area (Å²) >= 11 is 1.52. The van der Waals surface area contributed by atoms with Gasteiger partial charge in [0.25, 0.3) is 0 Å². The Hall–Kier alpha value is -1.03. The van der Waals surface area contributed by atoms with Crippen molar-refractivity contribution in [3.63, 3.8) is 0 Å². The zero-order valence-electron chi connectivity index (χ0n) is 15.6. The summed E-state index contributed by atoms with van der Waals surface area (Å²) in [6.45, 7) is 2.27. The molecule has 0 aliphatic carbocycles. The van der Waals surface area contributed by atoms with Crippen molar-refractivity contribution in [3.05, 3.63) is 16.5 Å². The summed E-state index contributed by atoms with van der Waals surface area (Å²) in [5, 5.41) is 0.579. The highest BCUT2D eigenvalue weighted by Gasteiger charge is 2.13. The van der Waals surface area contributed by atoms with Crippen LogP contribution in [-0.4, -0.2) is 13.1 Å². The first-order chi connectivity index (χ1) is 11.7. The lowest BCUT2D eigenvalue weighted by Crippen LogP contribution is -2.01. The number of aryl methyl sites for hydroxylation is 1. The van der Waals surface area contributed by atoms with Crippen molar-refractivity contribution in [3.8, 4) is 0 Å². The Labute approximate surface area is 152 Å². The second-order valence-corrected chi connectivity index (χ2v) is 7.79. The van der Waals surface area contributed by atoms with Crippen molar-refractivity contribution in [2.75, 3.05) is 12.8 Å². The van der Waals surface area contributed by atoms with Crippen LogP contribution in [0.4, 0.5) is 5.00 Å². The van der Waals surface area contributed by atoms with E-state index < -0.39 is 0 Å². The third-order valence-electron chi connectivity index (χ3n) is 4.49. The maximum Gasteiger partial charge on any atom is 0.340 e. The van der Waals surface area contributed by atoms with Gasteiger partial charge in [0.2, 0.25) is 0 Å². The van der Waals surface area contributed by atoms with Crippen LogP contribution in [0.2, 0.25) is 0 Å². The number of carbonyl (C=O) groups excluding carboxylic acids is 1. The molecule has 0 radical (unpaired) electrons. The van der Waals surface area contributed by atoms with Crippen LogP contribution in [0, 0.1) is 0 Å². The number of nitrogens with two attached hydrogens (primary N) is 1. The molecule has 3 nitrogen and oxygen atoms in total. The van der Waals surface area contributed by atoms with E-state index in [-0.39, 0.29) is 5.97 Å². The third kappa shape index (κ3) is 8.72. The molecule has 24 heavy (non-hydrogen) atoms. The molecule has 4 heteroatoms. The van der Waals surface area contributed by atoms with Gasteiger partial charge in [0.1, 0.15) is 5.00 Å². The normalized spacial score (nSPS) is 10.9. The van der Waals surface area contributed by atoms with Crippen LogP contribution in [0.5, 0.6) is 0 Å². The molecule has 0 saturated carbocycles. The molecule has 0 fully saturated rings. The van der Waals surface area contributed by atoms with E-state index in [0.29, 0.717) is 10.6 Å². The Balaban J connectivity index is 1.98. The average molecular weight is 354 g/mol. The number of carbonyl (C=O) groups is 1. The van der Waals surface area contributed by atoms with Crippen molar-refractivity contribution >= 4 is 22.3 Å². The van der Waals surface area contributed by atoms with Gasteiger partial charge in [-0.3, -0.25) is 0 Å². The zero-order valence-corrected chi connectivity index (χ0v) is 16.4. The lowest BCUT2D eigenvalue weighted by molar-refractivity contribution is 0.0602. The number of methoxy groups -OCH3 is 1. The van der Waals surface area contributed by atoms with Crippen LogP contribution < -0.4 is 5.73 Å². The summed E-state index contributed by atoms with van der Waals surface area (Å²) in [6.07, 6.45) is 17.3. The molecule has 0 aliphatic rings. The fourth-order valence-corrected chi connectivity index (χ4v) is 3.95. The molecule has 0 amide bonds. The summed E-state index contributed by atoms with van der Waals surface area (Å²) in [5.41, 5.74) is 6.40. The number of unbranched alkanes of at least 4 members (excludes halogenated alkanes) is 11. The van der Waals surface area contributed by atoms with Crippen molar-refractivity contribution < 1.29 is 9.53 Å². The molecule has 0 bridgehead atoms. The maximum atomic E-state index is 11.5. The van der Waals surface area contributed by atoms with Crippen LogP contribution in [0.1, 0.15) is 99.2 Å². The highest BCUT2D eigenvalue weighted by atomic mass is 32.1. The summed E-state index contributed by atoms with van der Waals surface area (Å²) in [6, 6.07) is 1.89. The molecule has 0 unspecified atom stereocenters. The van der Waals surface area contributed by atoms with Crippen molar-refractivity contribution in [2.45, 2.75) is 90.4 Å². The monoisotopic (exact) mass is 353 g/mol. The fourth-order valence-electron chi connectivity index (χ4n) is 2.99. The quantitative estimate of drug-likeness (QED) is 0.313. The van der Waals surface area contributed by atoms with E-state index in [1.807, 2.05) is 6.07 Å². The second kappa shape index (κ2) is 13.3. The summed E-state index contributed by atoms with van der Waals surface area (Å²) in [5.74, 6) is -0.329. The molecule has 2 N–H and O–H groups in total. The molecule has 0 aromatic carbocycles. The number of hydrogen-bond donors (Lipinski definition) is 1. The standard InChI is InChI=1S/C20H35NO2S/c1-3-4-5-6-7-8-9-10-11-12-13-14-15-17-16-18(19(21)24-17)20(22)23-2/h16H,3-15,21H2,1-2H3. The number of rotatable bonds is 14. The first-order valence-corrected chi connectivity index (χ1v) is 10.5. The zero-order chi connectivity index (χ0) is 17.6. The van der Waals surface area contributed by atoms with E-state index >= 15 is 0 Å². The van der Waals surface area contributed by atoms with E-state index in [1.54, 1.807) is 0 Å². The molecule has 1 aromatic heterocycles. The minimum absolute atomic E-state index is 0.329. The highest BCUT2D eigenvalue weighted by Crippen LogP contribution is 2.27. The van der Waals surface area contributed by atoms with Crippen LogP contribution in [0.15, 0.2) is 6.07 Å². The van der Waals surface area contributed by atoms with Gasteiger partial charge >= 0.3 is 5.97 Å². The van der Waals surface area contributed by atoms with Crippen LogP contribution in [0.25, 0.3) is 0 Å². The number of anilines is 1. The maximum absolute atomic E-state index is 11.5. The van der Waals surface area contributed by atoms with Crippen LogP contribution in [0.3, 0.4) is 0 Å². The first kappa shape index (κ1) is 21.0. The van der Waals surface area contributed by atoms with Crippen molar-refractivity contribution in [2.24, 2.45) is 0 Å². The number of thiophene rings is 1. The molecule has 1 rings (SSSR count). The Bertz CT molecular complexity index is 456. The number of hydrogen-bond acceptors (Lipinski definition) is 4. The number of ether oxygens (including phenoxy) is 1. The van der Waals surface area contributed by atoms with Gasteiger partial charge in [-0.05, 0) is 18.9 Å². The summed E-state index contributed by atoms with van der Waals surface area (Å²) in [7, 11) is 1.39. The Morgan fingerprint density at radius 2 is 1.46 bits per heavy atom. The van der Waals surface area contributed by atoms with Crippen LogP contribution in [-0.2, 0) is 11.2 Å². The number of esters is 1. The van der Waals surface area contributed by atoms with Gasteiger partial charge in [-0.25, -0.2) is 4.79 Å². The van der Waals surface area contributed by atoms with E-state index in [9.17, 15) is 4.79 Å². The highest BCUT2D eigenvalue weighted by molar-refractivity contribution is 7.16. The van der Waals surface area contributed by atoms with Gasteiger partial charge in [0.15, 0.2) is 0 Å². The average Bonchev–Trinajstić information content (AvgIpc) is 2.96. The van der Waals surface area contributed by atoms with Gasteiger partial charge in [0.05, 0.1) is 12.7 Å². The molecule has 138 valence electrons. The molecule has 1 heterocycles. The molecular formula is C20H35NO2S. The number of nitrogen functional groups attached to an aromatic ring is 1. The van der Waals surface area contributed by atoms with Crippen molar-refractivity contribution in [1.29, 1.82) is 0 Å². The van der Waals surface area contributed by atoms with Gasteiger partial charge in [0, 0.05) is 4.88 Å². The SMILES string of the molecule is CCCCCCCCCCCCCCc1cc(C(=O)OC)c(N)s1. The van der Waals surface area contributed by atoms with Crippen molar-refractivity contribution in [1.82, 2.24) is 0 Å². The Morgan fingerprint density at radius 1 is 0.958 bits per heavy atom. The molecule has 0 aliphatic heterocycles. The molecule has 1 aromatic rings. The fraction of sp³-hybridized carbons (Fsp3) is 0.750. The minimum Gasteiger partial charge on any atom is -0.465 e. The first-order valence-electron chi connectivity index (χ1n) is 9.65.